The van der Waals surface area contributed by atoms with Crippen molar-refractivity contribution in [1.82, 2.24) is 4.98 Å². The first-order chi connectivity index (χ1) is 11.1. The van der Waals surface area contributed by atoms with Gasteiger partial charge in [-0.2, -0.15) is 0 Å². The summed E-state index contributed by atoms with van der Waals surface area (Å²) in [6, 6.07) is 5.24. The van der Waals surface area contributed by atoms with Gasteiger partial charge in [0.1, 0.15) is 11.9 Å². The Hall–Kier alpha value is -1.53. The third kappa shape index (κ3) is 6.17. The zero-order valence-electron chi connectivity index (χ0n) is 15.4. The molecule has 1 atom stereocenters. The third-order valence-electron chi connectivity index (χ3n) is 4.18. The van der Waals surface area contributed by atoms with E-state index in [9.17, 15) is 9.18 Å². The molecule has 1 aromatic heterocycles. The molecule has 1 rings (SSSR count). The van der Waals surface area contributed by atoms with Gasteiger partial charge in [0, 0.05) is 6.20 Å². The lowest BCUT2D eigenvalue weighted by atomic mass is 10.2. The summed E-state index contributed by atoms with van der Waals surface area (Å²) < 4.78 is 25.9. The number of nitrogens with zero attached hydrogens (tertiary/aromatic N) is 1. The summed E-state index contributed by atoms with van der Waals surface area (Å²) >= 11 is 0. The maximum absolute atomic E-state index is 14.8. The molecular formula is C18H28FNO3Si. The zero-order chi connectivity index (χ0) is 18.4. The highest BCUT2D eigenvalue weighted by atomic mass is 28.4. The first-order valence-corrected chi connectivity index (χ1v) is 11.1. The van der Waals surface area contributed by atoms with Crippen LogP contribution in [0.2, 0.25) is 18.1 Å². The predicted octanol–water partition coefficient (Wildman–Crippen LogP) is 4.74. The number of carbonyl (C=O) groups is 1. The highest BCUT2D eigenvalue weighted by molar-refractivity contribution is 6.74. The lowest BCUT2D eigenvalue weighted by Crippen LogP contribution is -2.44. The zero-order valence-corrected chi connectivity index (χ0v) is 16.4. The van der Waals surface area contributed by atoms with Crippen LogP contribution in [0.25, 0.3) is 6.08 Å². The number of hydrogen-bond donors (Lipinski definition) is 0. The van der Waals surface area contributed by atoms with Gasteiger partial charge in [0.2, 0.25) is 0 Å². The van der Waals surface area contributed by atoms with Gasteiger partial charge < -0.3 is 9.16 Å². The summed E-state index contributed by atoms with van der Waals surface area (Å²) in [5.41, 5.74) is 0.489. The predicted molar refractivity (Wildman–Crippen MR) is 96.6 cm³/mol. The number of carbonyl (C=O) groups excluding carboxylic acids is 1. The number of aromatic nitrogens is 1. The first-order valence-electron chi connectivity index (χ1n) is 8.18. The van der Waals surface area contributed by atoms with Crippen molar-refractivity contribution in [3.8, 4) is 0 Å². The van der Waals surface area contributed by atoms with Gasteiger partial charge in [-0.15, -0.1) is 0 Å². The van der Waals surface area contributed by atoms with E-state index in [-0.39, 0.29) is 18.1 Å². The average molecular weight is 354 g/mol. The highest BCUT2D eigenvalue weighted by Crippen LogP contribution is 2.38. The molecule has 0 aliphatic rings. The fraction of sp³-hybridized carbons (Fsp3) is 0.556. The van der Waals surface area contributed by atoms with Gasteiger partial charge in [-0.3, -0.25) is 9.78 Å². The van der Waals surface area contributed by atoms with Crippen LogP contribution in [0.15, 0.2) is 30.2 Å². The van der Waals surface area contributed by atoms with Gasteiger partial charge in [-0.05, 0) is 43.3 Å². The maximum atomic E-state index is 14.8. The van der Waals surface area contributed by atoms with E-state index in [0.717, 1.165) is 0 Å². The van der Waals surface area contributed by atoms with Crippen LogP contribution in [0.5, 0.6) is 0 Å². The van der Waals surface area contributed by atoms with Gasteiger partial charge >= 0.3 is 5.97 Å². The lowest BCUT2D eigenvalue weighted by Gasteiger charge is -2.38. The van der Waals surface area contributed by atoms with E-state index in [1.807, 2.05) is 13.1 Å². The quantitative estimate of drug-likeness (QED) is 0.525. The Balaban J connectivity index is 3.04. The monoisotopic (exact) mass is 353 g/mol. The van der Waals surface area contributed by atoms with E-state index in [2.05, 4.69) is 25.8 Å². The van der Waals surface area contributed by atoms with Crippen molar-refractivity contribution in [2.75, 3.05) is 6.61 Å². The van der Waals surface area contributed by atoms with Gasteiger partial charge in [-0.1, -0.05) is 26.8 Å². The Morgan fingerprint density at radius 3 is 2.54 bits per heavy atom. The fourth-order valence-corrected chi connectivity index (χ4v) is 3.06. The standard InChI is InChI=1S/C18H28FNO3Si/c1-7-22-17(21)13-16(23-24(5,6)18(2,3)4)15(19)12-14-10-8-9-11-20-14/h8-12,16H,7,13H2,1-6H3/b15-12-/t16-/m0/s1. The molecule has 0 unspecified atom stereocenters. The third-order valence-corrected chi connectivity index (χ3v) is 8.67. The van der Waals surface area contributed by atoms with Gasteiger partial charge in [0.05, 0.1) is 18.7 Å². The second kappa shape index (κ2) is 8.53. The van der Waals surface area contributed by atoms with Crippen LogP contribution >= 0.6 is 0 Å². The summed E-state index contributed by atoms with van der Waals surface area (Å²) in [5.74, 6) is -0.975. The minimum absolute atomic E-state index is 0.0921. The van der Waals surface area contributed by atoms with E-state index in [1.54, 1.807) is 31.3 Å². The molecule has 0 fully saturated rings. The van der Waals surface area contributed by atoms with Crippen molar-refractivity contribution in [3.05, 3.63) is 35.9 Å². The maximum Gasteiger partial charge on any atom is 0.308 e. The smallest absolute Gasteiger partial charge is 0.308 e. The summed E-state index contributed by atoms with van der Waals surface area (Å²) in [5, 5.41) is -0.0921. The molecule has 0 aliphatic heterocycles. The van der Waals surface area contributed by atoms with Gasteiger partial charge in [-0.25, -0.2) is 4.39 Å². The van der Waals surface area contributed by atoms with Crippen LogP contribution in [-0.2, 0) is 14.0 Å². The van der Waals surface area contributed by atoms with Crippen molar-refractivity contribution in [1.29, 1.82) is 0 Å². The first kappa shape index (κ1) is 20.5. The molecule has 0 saturated heterocycles. The average Bonchev–Trinajstić information content (AvgIpc) is 2.46. The molecule has 1 heterocycles. The van der Waals surface area contributed by atoms with Gasteiger partial charge in [0.15, 0.2) is 8.32 Å². The number of halogens is 1. The highest BCUT2D eigenvalue weighted by Gasteiger charge is 2.40. The van der Waals surface area contributed by atoms with Crippen LogP contribution in [-0.4, -0.2) is 32.0 Å². The van der Waals surface area contributed by atoms with Crippen molar-refractivity contribution < 1.29 is 18.3 Å². The van der Waals surface area contributed by atoms with Crippen molar-refractivity contribution in [2.24, 2.45) is 0 Å². The number of esters is 1. The fourth-order valence-electron chi connectivity index (χ4n) is 1.79. The van der Waals surface area contributed by atoms with E-state index >= 15 is 0 Å². The Morgan fingerprint density at radius 2 is 2.04 bits per heavy atom. The summed E-state index contributed by atoms with van der Waals surface area (Å²) in [4.78, 5) is 15.9. The minimum atomic E-state index is -2.25. The van der Waals surface area contributed by atoms with Crippen molar-refractivity contribution in [3.63, 3.8) is 0 Å². The van der Waals surface area contributed by atoms with Crippen LogP contribution in [0.3, 0.4) is 0 Å². The number of ether oxygens (including phenoxy) is 1. The number of hydrogen-bond acceptors (Lipinski definition) is 4. The molecule has 1 aromatic rings. The molecule has 0 aliphatic carbocycles. The molecule has 0 N–H and O–H groups in total. The topological polar surface area (TPSA) is 48.4 Å². The molecule has 0 bridgehead atoms. The Bertz CT molecular complexity index is 567. The molecule has 0 amide bonds. The van der Waals surface area contributed by atoms with E-state index in [0.29, 0.717) is 5.69 Å². The molecule has 4 nitrogen and oxygen atoms in total. The molecule has 0 radical (unpaired) electrons. The summed E-state index contributed by atoms with van der Waals surface area (Å²) in [6.07, 6.45) is 1.81. The second-order valence-corrected chi connectivity index (χ2v) is 11.9. The van der Waals surface area contributed by atoms with Crippen LogP contribution in [0.1, 0.15) is 39.8 Å². The summed E-state index contributed by atoms with van der Waals surface area (Å²) in [7, 11) is -2.25. The van der Waals surface area contributed by atoms with Crippen LogP contribution in [0.4, 0.5) is 4.39 Å². The second-order valence-electron chi connectivity index (χ2n) is 7.16. The molecule has 24 heavy (non-hydrogen) atoms. The normalized spacial score (nSPS) is 14.4. The molecule has 0 saturated carbocycles. The number of rotatable bonds is 7. The molecule has 0 spiro atoms. The molecular weight excluding hydrogens is 325 g/mol. The number of pyridine rings is 1. The van der Waals surface area contributed by atoms with E-state index in [1.165, 1.54) is 6.08 Å². The van der Waals surface area contributed by atoms with Crippen molar-refractivity contribution in [2.45, 2.75) is 58.4 Å². The Labute approximate surface area is 145 Å². The Kier molecular flexibility index (Phi) is 7.29. The SMILES string of the molecule is CCOC(=O)C[C@H](O[Si](C)(C)C(C)(C)C)/C(F)=C/c1ccccn1. The van der Waals surface area contributed by atoms with Crippen molar-refractivity contribution >= 4 is 20.4 Å². The Morgan fingerprint density at radius 1 is 1.38 bits per heavy atom. The molecule has 6 heteroatoms. The molecule has 0 aromatic carbocycles. The van der Waals surface area contributed by atoms with E-state index < -0.39 is 26.2 Å². The lowest BCUT2D eigenvalue weighted by molar-refractivity contribution is -0.144. The molecule has 134 valence electrons. The van der Waals surface area contributed by atoms with E-state index in [4.69, 9.17) is 9.16 Å². The largest absolute Gasteiger partial charge is 0.466 e. The van der Waals surface area contributed by atoms with Gasteiger partial charge in [0.25, 0.3) is 0 Å². The van der Waals surface area contributed by atoms with Crippen LogP contribution < -0.4 is 0 Å². The van der Waals surface area contributed by atoms with Crippen LogP contribution in [0, 0.1) is 0 Å². The summed E-state index contributed by atoms with van der Waals surface area (Å²) in [6.45, 7) is 12.3. The minimum Gasteiger partial charge on any atom is -0.466 e.